The molecule has 3 rings (SSSR count). The third-order valence-corrected chi connectivity index (χ3v) is 5.32. The van der Waals surface area contributed by atoms with Gasteiger partial charge in [-0.3, -0.25) is 9.69 Å². The van der Waals surface area contributed by atoms with Crippen LogP contribution in [0, 0.1) is 5.92 Å². The first-order valence-corrected chi connectivity index (χ1v) is 9.72. The number of hydrogen-bond donors (Lipinski definition) is 0. The average molecular weight is 382 g/mol. The number of ether oxygens (including phenoxy) is 2. The van der Waals surface area contributed by atoms with Gasteiger partial charge in [-0.15, -0.1) is 0 Å². The quantitative estimate of drug-likeness (QED) is 0.727. The molecule has 2 aliphatic heterocycles. The predicted molar refractivity (Wildman–Crippen MR) is 97.7 cm³/mol. The number of rotatable bonds is 7. The van der Waals surface area contributed by atoms with Crippen LogP contribution in [0.1, 0.15) is 31.2 Å². The summed E-state index contributed by atoms with van der Waals surface area (Å²) in [6, 6.07) is 6.97. The van der Waals surface area contributed by atoms with Crippen LogP contribution >= 0.6 is 0 Å². The number of para-hydroxylation sites is 1. The van der Waals surface area contributed by atoms with E-state index in [1.807, 2.05) is 17.0 Å². The topological polar surface area (TPSA) is 42.0 Å². The van der Waals surface area contributed by atoms with Crippen molar-refractivity contribution in [2.24, 2.45) is 5.92 Å². The Morgan fingerprint density at radius 2 is 2.00 bits per heavy atom. The van der Waals surface area contributed by atoms with Crippen LogP contribution in [0.4, 0.5) is 8.78 Å². The van der Waals surface area contributed by atoms with Crippen LogP contribution in [0.5, 0.6) is 5.75 Å². The van der Waals surface area contributed by atoms with Crippen molar-refractivity contribution in [2.75, 3.05) is 39.4 Å². The van der Waals surface area contributed by atoms with Crippen molar-refractivity contribution in [1.29, 1.82) is 0 Å². The molecule has 2 fully saturated rings. The highest BCUT2D eigenvalue weighted by atomic mass is 19.3. The first-order chi connectivity index (χ1) is 13.1. The molecule has 0 spiro atoms. The lowest BCUT2D eigenvalue weighted by molar-refractivity contribution is -0.135. The number of carbonyl (C=O) groups excluding carboxylic acids is 1. The van der Waals surface area contributed by atoms with Gasteiger partial charge in [0.1, 0.15) is 5.75 Å². The molecule has 7 heteroatoms. The molecule has 2 saturated heterocycles. The Kier molecular flexibility index (Phi) is 7.41. The van der Waals surface area contributed by atoms with Gasteiger partial charge in [-0.2, -0.15) is 8.78 Å². The lowest BCUT2D eigenvalue weighted by Gasteiger charge is -2.33. The molecule has 5 nitrogen and oxygen atoms in total. The molecule has 2 aliphatic rings. The molecule has 1 aromatic carbocycles. The van der Waals surface area contributed by atoms with E-state index in [9.17, 15) is 13.6 Å². The number of piperidine rings is 1. The van der Waals surface area contributed by atoms with Crippen LogP contribution in [0.2, 0.25) is 0 Å². The molecule has 150 valence electrons. The summed E-state index contributed by atoms with van der Waals surface area (Å²) in [5, 5.41) is 0. The summed E-state index contributed by atoms with van der Waals surface area (Å²) in [7, 11) is 0. The first-order valence-electron chi connectivity index (χ1n) is 9.72. The van der Waals surface area contributed by atoms with Gasteiger partial charge in [0.25, 0.3) is 0 Å². The number of morpholine rings is 1. The molecule has 2 heterocycles. The Labute approximate surface area is 159 Å². The van der Waals surface area contributed by atoms with Gasteiger partial charge in [-0.25, -0.2) is 0 Å². The molecule has 0 unspecified atom stereocenters. The van der Waals surface area contributed by atoms with E-state index in [1.54, 1.807) is 12.1 Å². The fourth-order valence-electron chi connectivity index (χ4n) is 3.92. The smallest absolute Gasteiger partial charge is 0.387 e. The van der Waals surface area contributed by atoms with Crippen molar-refractivity contribution in [2.45, 2.75) is 38.8 Å². The molecular formula is C20H28F2N2O3. The Bertz CT molecular complexity index is 609. The lowest BCUT2D eigenvalue weighted by Crippen LogP contribution is -2.41. The molecule has 1 amide bonds. The maximum Gasteiger partial charge on any atom is 0.387 e. The maximum atomic E-state index is 12.6. The molecule has 0 aliphatic carbocycles. The summed E-state index contributed by atoms with van der Waals surface area (Å²) in [5.74, 6) is 0.926. The van der Waals surface area contributed by atoms with Crippen molar-refractivity contribution >= 4 is 5.91 Å². The number of alkyl halides is 2. The van der Waals surface area contributed by atoms with E-state index in [0.29, 0.717) is 45.2 Å². The molecule has 0 radical (unpaired) electrons. The van der Waals surface area contributed by atoms with Gasteiger partial charge in [0.15, 0.2) is 0 Å². The first kappa shape index (κ1) is 20.0. The summed E-state index contributed by atoms with van der Waals surface area (Å²) >= 11 is 0. The second-order valence-electron chi connectivity index (χ2n) is 7.26. The summed E-state index contributed by atoms with van der Waals surface area (Å²) in [4.78, 5) is 16.5. The summed E-state index contributed by atoms with van der Waals surface area (Å²) < 4.78 is 35.1. The van der Waals surface area contributed by atoms with E-state index in [2.05, 4.69) is 9.64 Å². The standard InChI is InChI=1S/C20H28F2N2O3/c21-20(22)27-18-6-2-1-5-17(18)15-23-9-3-4-16(14-23)7-8-19(25)24-10-12-26-13-11-24/h1-2,5-6,16,20H,3-4,7-15H2/t16-/m1/s1. The monoisotopic (exact) mass is 382 g/mol. The number of likely N-dealkylation sites (tertiary alicyclic amines) is 1. The van der Waals surface area contributed by atoms with E-state index in [0.717, 1.165) is 37.9 Å². The third-order valence-electron chi connectivity index (χ3n) is 5.32. The van der Waals surface area contributed by atoms with Crippen molar-refractivity contribution in [3.05, 3.63) is 29.8 Å². The largest absolute Gasteiger partial charge is 0.434 e. The molecule has 0 bridgehead atoms. The van der Waals surface area contributed by atoms with E-state index in [1.165, 1.54) is 0 Å². The van der Waals surface area contributed by atoms with Crippen molar-refractivity contribution in [3.8, 4) is 5.75 Å². The van der Waals surface area contributed by atoms with E-state index in [-0.39, 0.29) is 11.7 Å². The zero-order chi connectivity index (χ0) is 19.1. The van der Waals surface area contributed by atoms with Crippen LogP contribution in [0.25, 0.3) is 0 Å². The van der Waals surface area contributed by atoms with Gasteiger partial charge in [-0.1, -0.05) is 18.2 Å². The molecule has 0 saturated carbocycles. The Balaban J connectivity index is 1.49. The predicted octanol–water partition coefficient (Wildman–Crippen LogP) is 3.14. The zero-order valence-corrected chi connectivity index (χ0v) is 15.6. The van der Waals surface area contributed by atoms with E-state index < -0.39 is 6.61 Å². The zero-order valence-electron chi connectivity index (χ0n) is 15.6. The number of nitrogens with zero attached hydrogens (tertiary/aromatic N) is 2. The van der Waals surface area contributed by atoms with E-state index in [4.69, 9.17) is 4.74 Å². The number of carbonyl (C=O) groups is 1. The number of hydrogen-bond acceptors (Lipinski definition) is 4. The minimum atomic E-state index is -2.81. The van der Waals surface area contributed by atoms with Gasteiger partial charge in [0.2, 0.25) is 5.91 Å². The van der Waals surface area contributed by atoms with Gasteiger partial charge < -0.3 is 14.4 Å². The summed E-state index contributed by atoms with van der Waals surface area (Å²) in [6.45, 7) is 2.25. The molecule has 0 aromatic heterocycles. The van der Waals surface area contributed by atoms with Crippen LogP contribution in [-0.2, 0) is 16.1 Å². The van der Waals surface area contributed by atoms with Gasteiger partial charge in [-0.05, 0) is 37.8 Å². The van der Waals surface area contributed by atoms with Crippen molar-refractivity contribution in [3.63, 3.8) is 0 Å². The molecule has 1 aromatic rings. The molecular weight excluding hydrogens is 354 g/mol. The second kappa shape index (κ2) is 9.99. The molecule has 0 N–H and O–H groups in total. The fraction of sp³-hybridized carbons (Fsp3) is 0.650. The Hall–Kier alpha value is -1.73. The highest BCUT2D eigenvalue weighted by Crippen LogP contribution is 2.26. The van der Waals surface area contributed by atoms with Gasteiger partial charge >= 0.3 is 6.61 Å². The number of benzene rings is 1. The maximum absolute atomic E-state index is 12.6. The highest BCUT2D eigenvalue weighted by Gasteiger charge is 2.23. The minimum absolute atomic E-state index is 0.214. The number of amides is 1. The summed E-state index contributed by atoms with van der Waals surface area (Å²) in [5.41, 5.74) is 0.780. The Morgan fingerprint density at radius 3 is 2.78 bits per heavy atom. The normalized spacial score (nSPS) is 21.4. The van der Waals surface area contributed by atoms with Gasteiger partial charge in [0, 0.05) is 38.2 Å². The van der Waals surface area contributed by atoms with Crippen LogP contribution in [0.3, 0.4) is 0 Å². The van der Waals surface area contributed by atoms with Crippen LogP contribution < -0.4 is 4.74 Å². The minimum Gasteiger partial charge on any atom is -0.434 e. The molecule has 1 atom stereocenters. The summed E-state index contributed by atoms with van der Waals surface area (Å²) in [6.07, 6.45) is 3.63. The average Bonchev–Trinajstić information content (AvgIpc) is 2.68. The van der Waals surface area contributed by atoms with Crippen LogP contribution in [0.15, 0.2) is 24.3 Å². The highest BCUT2D eigenvalue weighted by molar-refractivity contribution is 5.76. The second-order valence-corrected chi connectivity index (χ2v) is 7.26. The third kappa shape index (κ3) is 6.14. The van der Waals surface area contributed by atoms with Crippen LogP contribution in [-0.4, -0.2) is 61.7 Å². The lowest BCUT2D eigenvalue weighted by atomic mass is 9.92. The van der Waals surface area contributed by atoms with Crippen molar-refractivity contribution < 1.29 is 23.0 Å². The Morgan fingerprint density at radius 1 is 1.22 bits per heavy atom. The SMILES string of the molecule is O=C(CC[C@H]1CCCN(Cc2ccccc2OC(F)F)C1)N1CCOCC1. The fourth-order valence-corrected chi connectivity index (χ4v) is 3.92. The molecule has 27 heavy (non-hydrogen) atoms. The van der Waals surface area contributed by atoms with Gasteiger partial charge in [0.05, 0.1) is 13.2 Å². The number of halogens is 2. The van der Waals surface area contributed by atoms with E-state index >= 15 is 0 Å². The van der Waals surface area contributed by atoms with Crippen molar-refractivity contribution in [1.82, 2.24) is 9.80 Å².